The second kappa shape index (κ2) is 14.4. The Morgan fingerprint density at radius 3 is 2.52 bits per heavy atom. The number of carbonyl (C=O) groups is 2. The van der Waals surface area contributed by atoms with Gasteiger partial charge >= 0.3 is 0 Å². The third-order valence-electron chi connectivity index (χ3n) is 8.47. The van der Waals surface area contributed by atoms with Crippen LogP contribution in [0.3, 0.4) is 0 Å². The van der Waals surface area contributed by atoms with E-state index in [1.807, 2.05) is 24.3 Å². The first-order valence-corrected chi connectivity index (χ1v) is 15.8. The number of piperidine rings is 1. The molecule has 0 bridgehead atoms. The molecule has 12 heteroatoms. The van der Waals surface area contributed by atoms with Gasteiger partial charge < -0.3 is 19.7 Å². The summed E-state index contributed by atoms with van der Waals surface area (Å²) in [6, 6.07) is 16.3. The number of amides is 2. The van der Waals surface area contributed by atoms with E-state index in [0.29, 0.717) is 48.0 Å². The number of nitrogens with one attached hydrogen (secondary N) is 2. The average molecular weight is 647 g/mol. The smallest absolute Gasteiger partial charge is 0.234 e. The van der Waals surface area contributed by atoms with Gasteiger partial charge in [-0.3, -0.25) is 19.8 Å². The van der Waals surface area contributed by atoms with Crippen LogP contribution in [-0.4, -0.2) is 78.0 Å². The van der Waals surface area contributed by atoms with Gasteiger partial charge in [0.2, 0.25) is 11.8 Å². The van der Waals surface area contributed by atoms with Gasteiger partial charge in [0.1, 0.15) is 18.0 Å². The zero-order chi connectivity index (χ0) is 32.0. The lowest BCUT2D eigenvalue weighted by Crippen LogP contribution is -2.46. The molecule has 0 aliphatic carbocycles. The number of imide groups is 1. The Balaban J connectivity index is 0.978. The van der Waals surface area contributed by atoms with Crippen LogP contribution in [0, 0.1) is 5.82 Å². The van der Waals surface area contributed by atoms with E-state index in [0.717, 1.165) is 56.6 Å². The molecule has 0 spiro atoms. The summed E-state index contributed by atoms with van der Waals surface area (Å²) in [7, 11) is 1.60. The van der Waals surface area contributed by atoms with Gasteiger partial charge in [0.25, 0.3) is 0 Å². The number of ether oxygens (including phenoxy) is 2. The number of piperazine rings is 1. The van der Waals surface area contributed by atoms with Crippen LogP contribution < -0.4 is 20.1 Å². The molecule has 240 valence electrons. The number of rotatable bonds is 11. The predicted molar refractivity (Wildman–Crippen MR) is 174 cm³/mol. The van der Waals surface area contributed by atoms with Gasteiger partial charge in [-0.05, 0) is 48.2 Å². The summed E-state index contributed by atoms with van der Waals surface area (Å²) in [4.78, 5) is 37.3. The Morgan fingerprint density at radius 2 is 1.78 bits per heavy atom. The zero-order valence-corrected chi connectivity index (χ0v) is 26.4. The molecule has 4 aromatic rings. The predicted octanol–water partition coefficient (Wildman–Crippen LogP) is 5.28. The van der Waals surface area contributed by atoms with Crippen LogP contribution in [0.2, 0.25) is 5.02 Å². The molecule has 2 aliphatic heterocycles. The van der Waals surface area contributed by atoms with E-state index < -0.39 is 5.82 Å². The lowest BCUT2D eigenvalue weighted by molar-refractivity contribution is -0.134. The molecule has 2 saturated heterocycles. The minimum Gasteiger partial charge on any atom is -0.493 e. The minimum absolute atomic E-state index is 0.0220. The van der Waals surface area contributed by atoms with E-state index in [1.165, 1.54) is 24.0 Å². The quantitative estimate of drug-likeness (QED) is 0.166. The molecule has 1 aromatic heterocycles. The molecule has 0 saturated carbocycles. The van der Waals surface area contributed by atoms with E-state index in [4.69, 9.17) is 21.1 Å². The molecule has 2 fully saturated rings. The van der Waals surface area contributed by atoms with E-state index in [9.17, 15) is 14.0 Å². The second-order valence-electron chi connectivity index (χ2n) is 11.6. The molecule has 3 heterocycles. The number of benzene rings is 3. The summed E-state index contributed by atoms with van der Waals surface area (Å²) in [5.74, 6) is 0.592. The first kappa shape index (κ1) is 31.7. The normalized spacial score (nSPS) is 17.6. The van der Waals surface area contributed by atoms with Crippen molar-refractivity contribution in [3.63, 3.8) is 0 Å². The molecular formula is C34H36ClFN6O4. The summed E-state index contributed by atoms with van der Waals surface area (Å²) >= 11 is 5.96. The lowest BCUT2D eigenvalue weighted by atomic mass is 9.90. The van der Waals surface area contributed by atoms with Crippen molar-refractivity contribution >= 4 is 45.8 Å². The molecule has 1 unspecified atom stereocenters. The van der Waals surface area contributed by atoms with Gasteiger partial charge in [0.05, 0.1) is 30.2 Å². The van der Waals surface area contributed by atoms with Crippen molar-refractivity contribution in [3.8, 4) is 11.5 Å². The molecule has 0 radical (unpaired) electrons. The van der Waals surface area contributed by atoms with Crippen LogP contribution in [0.5, 0.6) is 11.5 Å². The van der Waals surface area contributed by atoms with Crippen LogP contribution in [0.1, 0.15) is 36.3 Å². The topological polar surface area (TPSA) is 109 Å². The van der Waals surface area contributed by atoms with Crippen LogP contribution >= 0.6 is 11.6 Å². The zero-order valence-electron chi connectivity index (χ0n) is 25.6. The van der Waals surface area contributed by atoms with Crippen LogP contribution in [0.15, 0.2) is 60.9 Å². The number of anilines is 2. The van der Waals surface area contributed by atoms with Gasteiger partial charge in [-0.25, -0.2) is 14.4 Å². The Morgan fingerprint density at radius 1 is 1.00 bits per heavy atom. The number of methoxy groups -OCH3 is 1. The maximum Gasteiger partial charge on any atom is 0.234 e. The summed E-state index contributed by atoms with van der Waals surface area (Å²) in [5.41, 5.74) is 3.46. The van der Waals surface area contributed by atoms with Gasteiger partial charge in [-0.2, -0.15) is 0 Å². The van der Waals surface area contributed by atoms with Crippen molar-refractivity contribution in [2.24, 2.45) is 0 Å². The van der Waals surface area contributed by atoms with Crippen molar-refractivity contribution < 1.29 is 23.5 Å². The number of hydrogen-bond acceptors (Lipinski definition) is 9. The molecule has 2 N–H and O–H groups in total. The lowest BCUT2D eigenvalue weighted by Gasteiger charge is -2.34. The van der Waals surface area contributed by atoms with Gasteiger partial charge in [-0.15, -0.1) is 0 Å². The monoisotopic (exact) mass is 646 g/mol. The van der Waals surface area contributed by atoms with Crippen LogP contribution in [-0.2, 0) is 16.1 Å². The highest BCUT2D eigenvalue weighted by Crippen LogP contribution is 2.35. The fourth-order valence-corrected chi connectivity index (χ4v) is 6.09. The van der Waals surface area contributed by atoms with Crippen molar-refractivity contribution in [3.05, 3.63) is 82.9 Å². The maximum atomic E-state index is 13.6. The van der Waals surface area contributed by atoms with Gasteiger partial charge in [0.15, 0.2) is 11.5 Å². The Hall–Kier alpha value is -4.32. The molecule has 46 heavy (non-hydrogen) atoms. The standard InChI is InChI=1S/C34H36ClFN6O4/c1-45-30-19-29-26(33(38-21-37-29)39-24-7-9-28(36)27(35)17-24)18-31(30)46-16-2-11-41-12-14-42(15-13-41)20-22-3-5-23(6-4-22)25-8-10-32(43)40-34(25)44/h3-7,9,17-19,21,25H,2,8,10-16,20H2,1H3,(H,37,38,39)(H,40,43,44). The Bertz CT molecular complexity index is 1710. The van der Waals surface area contributed by atoms with Gasteiger partial charge in [0, 0.05) is 62.8 Å². The van der Waals surface area contributed by atoms with Crippen LogP contribution in [0.25, 0.3) is 10.9 Å². The fraction of sp³-hybridized carbons (Fsp3) is 0.353. The first-order valence-electron chi connectivity index (χ1n) is 15.4. The van der Waals surface area contributed by atoms with E-state index in [1.54, 1.807) is 13.2 Å². The molecular weight excluding hydrogens is 611 g/mol. The second-order valence-corrected chi connectivity index (χ2v) is 12.0. The van der Waals surface area contributed by atoms with Crippen molar-refractivity contribution in [2.75, 3.05) is 51.8 Å². The number of aromatic nitrogens is 2. The maximum absolute atomic E-state index is 13.6. The molecule has 2 amide bonds. The number of nitrogens with zero attached hydrogens (tertiary/aromatic N) is 4. The fourth-order valence-electron chi connectivity index (χ4n) is 5.91. The van der Waals surface area contributed by atoms with Gasteiger partial charge in [-0.1, -0.05) is 35.9 Å². The highest BCUT2D eigenvalue weighted by molar-refractivity contribution is 6.31. The van der Waals surface area contributed by atoms with E-state index in [-0.39, 0.29) is 22.8 Å². The van der Waals surface area contributed by atoms with Crippen molar-refractivity contribution in [2.45, 2.75) is 31.7 Å². The summed E-state index contributed by atoms with van der Waals surface area (Å²) in [6.45, 7) is 6.22. The molecule has 6 rings (SSSR count). The summed E-state index contributed by atoms with van der Waals surface area (Å²) in [5, 5.41) is 6.39. The number of fused-ring (bicyclic) bond motifs is 1. The van der Waals surface area contributed by atoms with E-state index >= 15 is 0 Å². The molecule has 1 atom stereocenters. The molecule has 10 nitrogen and oxygen atoms in total. The molecule has 3 aromatic carbocycles. The van der Waals surface area contributed by atoms with Crippen LogP contribution in [0.4, 0.5) is 15.9 Å². The molecule has 2 aliphatic rings. The number of halogens is 2. The number of hydrogen-bond donors (Lipinski definition) is 2. The third kappa shape index (κ3) is 7.55. The first-order chi connectivity index (χ1) is 22.4. The average Bonchev–Trinajstić information content (AvgIpc) is 3.06. The van der Waals surface area contributed by atoms with Crippen molar-refractivity contribution in [1.29, 1.82) is 0 Å². The highest BCUT2D eigenvalue weighted by atomic mass is 35.5. The third-order valence-corrected chi connectivity index (χ3v) is 8.76. The summed E-state index contributed by atoms with van der Waals surface area (Å²) in [6.07, 6.45) is 3.26. The number of carbonyl (C=O) groups excluding carboxylic acids is 2. The summed E-state index contributed by atoms with van der Waals surface area (Å²) < 4.78 is 25.4. The SMILES string of the molecule is COc1cc2ncnc(Nc3ccc(F)c(Cl)c3)c2cc1OCCCN1CCN(Cc2ccc(C3CCC(=O)NC3=O)cc2)CC1. The Kier molecular flexibility index (Phi) is 9.91. The minimum atomic E-state index is -0.488. The Labute approximate surface area is 271 Å². The van der Waals surface area contributed by atoms with E-state index in [2.05, 4.69) is 42.5 Å². The van der Waals surface area contributed by atoms with Crippen molar-refractivity contribution in [1.82, 2.24) is 25.1 Å². The largest absolute Gasteiger partial charge is 0.493 e. The highest BCUT2D eigenvalue weighted by Gasteiger charge is 2.28.